The van der Waals surface area contributed by atoms with E-state index in [1.165, 1.54) is 0 Å². The van der Waals surface area contributed by atoms with Crippen molar-refractivity contribution in [2.24, 2.45) is 0 Å². The fourth-order valence-corrected chi connectivity index (χ4v) is 1.32. The minimum atomic E-state index is -0.254. The van der Waals surface area contributed by atoms with Crippen LogP contribution in [0.15, 0.2) is 0 Å². The second-order valence-corrected chi connectivity index (χ2v) is 2.99. The molecule has 1 aliphatic rings. The lowest BCUT2D eigenvalue weighted by atomic mass is 10.3. The van der Waals surface area contributed by atoms with Crippen molar-refractivity contribution in [2.75, 3.05) is 39.5 Å². The van der Waals surface area contributed by atoms with Crippen LogP contribution in [-0.2, 0) is 9.47 Å². The Hall–Kier alpha value is -0.630. The monoisotopic (exact) mass is 184 g/mol. The third-order valence-corrected chi connectivity index (χ3v) is 2.05. The van der Waals surface area contributed by atoms with Crippen LogP contribution in [-0.4, -0.2) is 50.5 Å². The average Bonchev–Trinajstić information content (AvgIpc) is 2.19. The minimum absolute atomic E-state index is 0.254. The van der Waals surface area contributed by atoms with Crippen molar-refractivity contribution < 1.29 is 9.47 Å². The van der Waals surface area contributed by atoms with E-state index in [2.05, 4.69) is 11.0 Å². The summed E-state index contributed by atoms with van der Waals surface area (Å²) in [4.78, 5) is 2.20. The maximum Gasteiger partial charge on any atom is 0.156 e. The molecule has 1 atom stereocenters. The van der Waals surface area contributed by atoms with Gasteiger partial charge < -0.3 is 9.47 Å². The first-order valence-corrected chi connectivity index (χ1v) is 4.68. The minimum Gasteiger partial charge on any atom is -0.380 e. The van der Waals surface area contributed by atoms with Gasteiger partial charge in [-0.05, 0) is 6.92 Å². The fourth-order valence-electron chi connectivity index (χ4n) is 1.32. The Balaban J connectivity index is 2.15. The summed E-state index contributed by atoms with van der Waals surface area (Å²) in [7, 11) is 0. The molecule has 1 saturated heterocycles. The lowest BCUT2D eigenvalue weighted by Crippen LogP contribution is -2.43. The Labute approximate surface area is 79.0 Å². The molecule has 0 radical (unpaired) electrons. The molecular weight excluding hydrogens is 168 g/mol. The summed E-state index contributed by atoms with van der Waals surface area (Å²) in [6.07, 6.45) is -0.254. The van der Waals surface area contributed by atoms with Gasteiger partial charge in [0.25, 0.3) is 0 Å². The highest BCUT2D eigenvalue weighted by atomic mass is 16.5. The quantitative estimate of drug-likeness (QED) is 0.587. The number of hydrogen-bond acceptors (Lipinski definition) is 4. The van der Waals surface area contributed by atoms with Gasteiger partial charge in [-0.15, -0.1) is 0 Å². The van der Waals surface area contributed by atoms with Crippen LogP contribution >= 0.6 is 0 Å². The molecule has 0 saturated carbocycles. The van der Waals surface area contributed by atoms with Gasteiger partial charge in [0.1, 0.15) is 0 Å². The van der Waals surface area contributed by atoms with E-state index in [9.17, 15) is 0 Å². The highest BCUT2D eigenvalue weighted by molar-refractivity contribution is 4.88. The molecule has 1 aliphatic heterocycles. The van der Waals surface area contributed by atoms with Crippen LogP contribution in [0, 0.1) is 11.3 Å². The first-order valence-electron chi connectivity index (χ1n) is 4.68. The molecule has 1 unspecified atom stereocenters. The number of morpholine rings is 1. The van der Waals surface area contributed by atoms with Gasteiger partial charge >= 0.3 is 0 Å². The van der Waals surface area contributed by atoms with Gasteiger partial charge in [-0.1, -0.05) is 0 Å². The fraction of sp³-hybridized carbons (Fsp3) is 0.889. The van der Waals surface area contributed by atoms with E-state index in [0.717, 1.165) is 26.3 Å². The Morgan fingerprint density at radius 3 is 3.23 bits per heavy atom. The van der Waals surface area contributed by atoms with Crippen LogP contribution in [0.4, 0.5) is 0 Å². The second-order valence-electron chi connectivity index (χ2n) is 2.99. The maximum atomic E-state index is 8.65. The molecule has 4 nitrogen and oxygen atoms in total. The summed E-state index contributed by atoms with van der Waals surface area (Å²) in [5.41, 5.74) is 0. The van der Waals surface area contributed by atoms with Crippen molar-refractivity contribution in [2.45, 2.75) is 13.0 Å². The SMILES string of the molecule is CCOCCN1CCOC(C#N)C1. The van der Waals surface area contributed by atoms with Crippen molar-refractivity contribution in [3.05, 3.63) is 0 Å². The van der Waals surface area contributed by atoms with Gasteiger partial charge in [0, 0.05) is 26.2 Å². The topological polar surface area (TPSA) is 45.5 Å². The van der Waals surface area contributed by atoms with E-state index >= 15 is 0 Å². The normalized spacial score (nSPS) is 24.2. The molecule has 0 bridgehead atoms. The highest BCUT2D eigenvalue weighted by Gasteiger charge is 2.18. The van der Waals surface area contributed by atoms with Crippen LogP contribution in [0.1, 0.15) is 6.92 Å². The zero-order valence-electron chi connectivity index (χ0n) is 8.03. The Morgan fingerprint density at radius 1 is 1.69 bits per heavy atom. The summed E-state index contributed by atoms with van der Waals surface area (Å²) in [5.74, 6) is 0. The summed E-state index contributed by atoms with van der Waals surface area (Å²) < 4.78 is 10.5. The maximum absolute atomic E-state index is 8.65. The van der Waals surface area contributed by atoms with Crippen LogP contribution in [0.5, 0.6) is 0 Å². The largest absolute Gasteiger partial charge is 0.380 e. The molecule has 4 heteroatoms. The van der Waals surface area contributed by atoms with Crippen molar-refractivity contribution in [1.82, 2.24) is 4.90 Å². The van der Waals surface area contributed by atoms with E-state index in [0.29, 0.717) is 13.2 Å². The van der Waals surface area contributed by atoms with Crippen LogP contribution in [0.3, 0.4) is 0 Å². The summed E-state index contributed by atoms with van der Waals surface area (Å²) in [6, 6.07) is 2.12. The lowest BCUT2D eigenvalue weighted by Gasteiger charge is -2.29. The molecule has 0 aromatic rings. The smallest absolute Gasteiger partial charge is 0.156 e. The second kappa shape index (κ2) is 5.92. The molecule has 0 N–H and O–H groups in total. The van der Waals surface area contributed by atoms with E-state index in [1.807, 2.05) is 6.92 Å². The summed E-state index contributed by atoms with van der Waals surface area (Å²) in [5, 5.41) is 8.65. The molecule has 13 heavy (non-hydrogen) atoms. The Morgan fingerprint density at radius 2 is 2.54 bits per heavy atom. The van der Waals surface area contributed by atoms with E-state index < -0.39 is 0 Å². The molecule has 1 rings (SSSR count). The summed E-state index contributed by atoms with van der Waals surface area (Å²) in [6.45, 7) is 6.66. The number of nitriles is 1. The van der Waals surface area contributed by atoms with Gasteiger partial charge in [-0.25, -0.2) is 0 Å². The number of rotatable bonds is 4. The molecule has 1 heterocycles. The first kappa shape index (κ1) is 10.5. The molecule has 0 amide bonds. The van der Waals surface area contributed by atoms with Crippen molar-refractivity contribution >= 4 is 0 Å². The zero-order chi connectivity index (χ0) is 9.52. The Bertz CT molecular complexity index is 179. The van der Waals surface area contributed by atoms with Gasteiger partial charge in [0.15, 0.2) is 6.10 Å². The predicted octanol–water partition coefficient (Wildman–Crippen LogP) is 0.247. The van der Waals surface area contributed by atoms with Crippen molar-refractivity contribution in [3.8, 4) is 6.07 Å². The van der Waals surface area contributed by atoms with Crippen molar-refractivity contribution in [3.63, 3.8) is 0 Å². The average molecular weight is 184 g/mol. The molecule has 0 aliphatic carbocycles. The molecule has 74 valence electrons. The van der Waals surface area contributed by atoms with Crippen LogP contribution < -0.4 is 0 Å². The molecule has 0 aromatic carbocycles. The molecular formula is C9H16N2O2. The van der Waals surface area contributed by atoms with Crippen LogP contribution in [0.25, 0.3) is 0 Å². The van der Waals surface area contributed by atoms with Crippen LogP contribution in [0.2, 0.25) is 0 Å². The standard InChI is InChI=1S/C9H16N2O2/c1-2-12-5-3-11-4-6-13-9(7-10)8-11/h9H,2-6,8H2,1H3. The lowest BCUT2D eigenvalue weighted by molar-refractivity contribution is -0.00969. The summed E-state index contributed by atoms with van der Waals surface area (Å²) >= 11 is 0. The highest BCUT2D eigenvalue weighted by Crippen LogP contribution is 2.03. The van der Waals surface area contributed by atoms with E-state index in [1.54, 1.807) is 0 Å². The first-order chi connectivity index (χ1) is 6.36. The third-order valence-electron chi connectivity index (χ3n) is 2.05. The Kier molecular flexibility index (Phi) is 4.76. The number of nitrogens with zero attached hydrogens (tertiary/aromatic N) is 2. The van der Waals surface area contributed by atoms with Gasteiger partial charge in [-0.2, -0.15) is 5.26 Å². The van der Waals surface area contributed by atoms with Crippen molar-refractivity contribution in [1.29, 1.82) is 5.26 Å². The molecule has 0 aromatic heterocycles. The van der Waals surface area contributed by atoms with Gasteiger partial charge in [0.2, 0.25) is 0 Å². The van der Waals surface area contributed by atoms with E-state index in [4.69, 9.17) is 14.7 Å². The zero-order valence-corrected chi connectivity index (χ0v) is 8.03. The van der Waals surface area contributed by atoms with Gasteiger partial charge in [0.05, 0.1) is 19.3 Å². The molecule has 1 fully saturated rings. The van der Waals surface area contributed by atoms with Gasteiger partial charge in [-0.3, -0.25) is 4.90 Å². The number of ether oxygens (including phenoxy) is 2. The third kappa shape index (κ3) is 3.73. The predicted molar refractivity (Wildman–Crippen MR) is 48.3 cm³/mol. The molecule has 0 spiro atoms. The van der Waals surface area contributed by atoms with E-state index in [-0.39, 0.29) is 6.10 Å². The number of hydrogen-bond donors (Lipinski definition) is 0.